The van der Waals surface area contributed by atoms with Crippen molar-refractivity contribution in [3.63, 3.8) is 0 Å². The maximum absolute atomic E-state index is 11.9. The summed E-state index contributed by atoms with van der Waals surface area (Å²) in [4.78, 5) is 22.6. The molecule has 6 nitrogen and oxygen atoms in total. The molecule has 1 rings (SSSR count). The molecule has 3 N–H and O–H groups in total. The molecule has 1 heterocycles. The molecule has 1 amide bonds. The first-order valence-corrected chi connectivity index (χ1v) is 7.06. The van der Waals surface area contributed by atoms with Gasteiger partial charge in [-0.1, -0.05) is 6.92 Å². The molecule has 0 spiro atoms. The van der Waals surface area contributed by atoms with Gasteiger partial charge in [-0.05, 0) is 27.7 Å². The highest BCUT2D eigenvalue weighted by Gasteiger charge is 2.17. The van der Waals surface area contributed by atoms with Gasteiger partial charge in [0.25, 0.3) is 0 Å². The van der Waals surface area contributed by atoms with Crippen LogP contribution in [0.3, 0.4) is 0 Å². The van der Waals surface area contributed by atoms with Crippen LogP contribution >= 0.6 is 0 Å². The van der Waals surface area contributed by atoms with Crippen LogP contribution in [0, 0.1) is 6.92 Å². The Kier molecular flexibility index (Phi) is 5.73. The lowest BCUT2D eigenvalue weighted by molar-refractivity contribution is -0.120. The maximum Gasteiger partial charge on any atom is 0.239 e. The summed E-state index contributed by atoms with van der Waals surface area (Å²) in [6.07, 6.45) is 0.716. The normalized spacial score (nSPS) is 10.7. The quantitative estimate of drug-likeness (QED) is 0.819. The zero-order valence-corrected chi connectivity index (χ0v) is 13.0. The van der Waals surface area contributed by atoms with Crippen molar-refractivity contribution >= 4 is 17.5 Å². The number of amides is 1. The first-order chi connectivity index (χ1) is 9.38. The fourth-order valence-electron chi connectivity index (χ4n) is 1.91. The van der Waals surface area contributed by atoms with Crippen LogP contribution in [-0.4, -0.2) is 35.0 Å². The number of likely N-dealkylation sites (N-methyl/N-ethyl adjacent to an activating group) is 1. The highest BCUT2D eigenvalue weighted by atomic mass is 16.2. The zero-order chi connectivity index (χ0) is 15.3. The lowest BCUT2D eigenvalue weighted by atomic mass is 10.2. The zero-order valence-electron chi connectivity index (χ0n) is 13.0. The van der Waals surface area contributed by atoms with E-state index in [1.165, 1.54) is 0 Å². The molecule has 0 bridgehead atoms. The van der Waals surface area contributed by atoms with Crippen LogP contribution in [0.2, 0.25) is 0 Å². The van der Waals surface area contributed by atoms with Gasteiger partial charge >= 0.3 is 0 Å². The van der Waals surface area contributed by atoms with Crippen molar-refractivity contribution in [1.29, 1.82) is 0 Å². The lowest BCUT2D eigenvalue weighted by Crippen LogP contribution is -2.40. The Bertz CT molecular complexity index is 473. The van der Waals surface area contributed by atoms with Gasteiger partial charge in [0, 0.05) is 24.6 Å². The highest BCUT2D eigenvalue weighted by Crippen LogP contribution is 2.21. The molecule has 1 aromatic heterocycles. The second kappa shape index (κ2) is 7.07. The molecule has 20 heavy (non-hydrogen) atoms. The Morgan fingerprint density at radius 2 is 2.00 bits per heavy atom. The second-order valence-corrected chi connectivity index (χ2v) is 5.06. The average Bonchev–Trinajstić information content (AvgIpc) is 2.38. The van der Waals surface area contributed by atoms with Gasteiger partial charge < -0.3 is 16.0 Å². The third-order valence-electron chi connectivity index (χ3n) is 2.99. The Morgan fingerprint density at radius 3 is 2.50 bits per heavy atom. The topological polar surface area (TPSA) is 84.1 Å². The van der Waals surface area contributed by atoms with E-state index in [1.54, 1.807) is 0 Å². The van der Waals surface area contributed by atoms with E-state index in [0.29, 0.717) is 24.6 Å². The summed E-state index contributed by atoms with van der Waals surface area (Å²) in [5.74, 6) is 1.91. The summed E-state index contributed by atoms with van der Waals surface area (Å²) in [5, 5.41) is 2.88. The fourth-order valence-corrected chi connectivity index (χ4v) is 1.91. The molecule has 112 valence electrons. The largest absolute Gasteiger partial charge is 0.383 e. The number of nitrogens with two attached hydrogens (primary N) is 1. The third kappa shape index (κ3) is 4.08. The molecule has 0 radical (unpaired) electrons. The van der Waals surface area contributed by atoms with Crippen LogP contribution in [0.1, 0.15) is 39.1 Å². The molecule has 0 aliphatic heterocycles. The van der Waals surface area contributed by atoms with Crippen molar-refractivity contribution < 1.29 is 4.79 Å². The minimum Gasteiger partial charge on any atom is -0.383 e. The van der Waals surface area contributed by atoms with Crippen LogP contribution in [0.25, 0.3) is 0 Å². The minimum atomic E-state index is -0.0171. The van der Waals surface area contributed by atoms with Gasteiger partial charge in [-0.25, -0.2) is 9.97 Å². The second-order valence-electron chi connectivity index (χ2n) is 5.06. The van der Waals surface area contributed by atoms with Crippen molar-refractivity contribution in [1.82, 2.24) is 15.3 Å². The standard InChI is InChI=1S/C14H25N5O/c1-6-11-17-13(15)10(5)14(18-11)19(7-2)8-12(20)16-9(3)4/h9H,6-8H2,1-5H3,(H,16,20)(H2,15,17,18). The molecular formula is C14H25N5O. The molecular weight excluding hydrogens is 254 g/mol. The fraction of sp³-hybridized carbons (Fsp3) is 0.643. The van der Waals surface area contributed by atoms with Gasteiger partial charge in [0.15, 0.2) is 0 Å². The van der Waals surface area contributed by atoms with Crippen molar-refractivity contribution in [3.8, 4) is 0 Å². The molecule has 0 saturated carbocycles. The number of hydrogen-bond donors (Lipinski definition) is 2. The van der Waals surface area contributed by atoms with Crippen LogP contribution < -0.4 is 16.0 Å². The van der Waals surface area contributed by atoms with Crippen molar-refractivity contribution in [2.24, 2.45) is 0 Å². The molecule has 0 unspecified atom stereocenters. The van der Waals surface area contributed by atoms with Crippen LogP contribution in [0.15, 0.2) is 0 Å². The molecule has 0 atom stereocenters. The van der Waals surface area contributed by atoms with Gasteiger partial charge in [0.2, 0.25) is 5.91 Å². The van der Waals surface area contributed by atoms with Crippen molar-refractivity contribution in [2.75, 3.05) is 23.7 Å². The number of carbonyl (C=O) groups excluding carboxylic acids is 1. The summed E-state index contributed by atoms with van der Waals surface area (Å²) in [7, 11) is 0. The van der Waals surface area contributed by atoms with E-state index in [1.807, 2.05) is 39.5 Å². The monoisotopic (exact) mass is 279 g/mol. The van der Waals surface area contributed by atoms with Gasteiger partial charge in [0.1, 0.15) is 17.5 Å². The lowest BCUT2D eigenvalue weighted by Gasteiger charge is -2.24. The Hall–Kier alpha value is -1.85. The SMILES string of the molecule is CCc1nc(N)c(C)c(N(CC)CC(=O)NC(C)C)n1. The summed E-state index contributed by atoms with van der Waals surface area (Å²) in [6, 6.07) is 0.129. The molecule has 0 aliphatic carbocycles. The van der Waals surface area contributed by atoms with Gasteiger partial charge in [0.05, 0.1) is 6.54 Å². The summed E-state index contributed by atoms with van der Waals surface area (Å²) >= 11 is 0. The highest BCUT2D eigenvalue weighted by molar-refractivity contribution is 5.81. The Balaban J connectivity index is 3.00. The number of anilines is 2. The number of nitrogen functional groups attached to an aromatic ring is 1. The van der Waals surface area contributed by atoms with E-state index in [-0.39, 0.29) is 18.5 Å². The third-order valence-corrected chi connectivity index (χ3v) is 2.99. The molecule has 1 aromatic rings. The van der Waals surface area contributed by atoms with E-state index >= 15 is 0 Å². The van der Waals surface area contributed by atoms with Crippen LogP contribution in [0.5, 0.6) is 0 Å². The average molecular weight is 279 g/mol. The van der Waals surface area contributed by atoms with E-state index in [9.17, 15) is 4.79 Å². The summed E-state index contributed by atoms with van der Waals surface area (Å²) < 4.78 is 0. The first-order valence-electron chi connectivity index (χ1n) is 7.06. The van der Waals surface area contributed by atoms with E-state index in [0.717, 1.165) is 11.4 Å². The Labute approximate surface area is 120 Å². The number of carbonyl (C=O) groups is 1. The predicted molar refractivity (Wildman–Crippen MR) is 81.7 cm³/mol. The van der Waals surface area contributed by atoms with Gasteiger partial charge in [-0.3, -0.25) is 4.79 Å². The number of nitrogens with one attached hydrogen (secondary N) is 1. The number of rotatable bonds is 6. The predicted octanol–water partition coefficient (Wildman–Crippen LogP) is 1.28. The van der Waals surface area contributed by atoms with E-state index in [4.69, 9.17) is 5.73 Å². The number of hydrogen-bond acceptors (Lipinski definition) is 5. The van der Waals surface area contributed by atoms with Gasteiger partial charge in [-0.15, -0.1) is 0 Å². The summed E-state index contributed by atoms with van der Waals surface area (Å²) in [6.45, 7) is 10.7. The smallest absolute Gasteiger partial charge is 0.239 e. The van der Waals surface area contributed by atoms with E-state index in [2.05, 4.69) is 15.3 Å². The molecule has 0 aliphatic rings. The van der Waals surface area contributed by atoms with Gasteiger partial charge in [-0.2, -0.15) is 0 Å². The molecule has 6 heteroatoms. The van der Waals surface area contributed by atoms with E-state index < -0.39 is 0 Å². The molecule has 0 aromatic carbocycles. The first kappa shape index (κ1) is 16.2. The number of aromatic nitrogens is 2. The molecule has 0 saturated heterocycles. The number of aryl methyl sites for hydroxylation is 1. The Morgan fingerprint density at radius 1 is 1.35 bits per heavy atom. The van der Waals surface area contributed by atoms with Crippen LogP contribution in [0.4, 0.5) is 11.6 Å². The number of nitrogens with zero attached hydrogens (tertiary/aromatic N) is 3. The molecule has 0 fully saturated rings. The summed E-state index contributed by atoms with van der Waals surface area (Å²) in [5.41, 5.74) is 6.74. The van der Waals surface area contributed by atoms with Crippen molar-refractivity contribution in [2.45, 2.75) is 47.1 Å². The maximum atomic E-state index is 11.9. The van der Waals surface area contributed by atoms with Crippen molar-refractivity contribution in [3.05, 3.63) is 11.4 Å². The van der Waals surface area contributed by atoms with Crippen LogP contribution in [-0.2, 0) is 11.2 Å². The minimum absolute atomic E-state index is 0.0171.